The molecule has 1 saturated heterocycles. The Morgan fingerprint density at radius 3 is 3.04 bits per heavy atom. The predicted octanol–water partition coefficient (Wildman–Crippen LogP) is 2.95. The first-order valence-corrected chi connectivity index (χ1v) is 8.03. The highest BCUT2D eigenvalue weighted by Crippen LogP contribution is 2.27. The van der Waals surface area contributed by atoms with Crippen LogP contribution in [-0.4, -0.2) is 39.8 Å². The molecule has 0 saturated carbocycles. The van der Waals surface area contributed by atoms with E-state index in [-0.39, 0.29) is 18.5 Å². The molecule has 23 heavy (non-hydrogen) atoms. The fourth-order valence-electron chi connectivity index (χ4n) is 3.01. The molecule has 1 fully saturated rings. The van der Waals surface area contributed by atoms with Gasteiger partial charge in [-0.25, -0.2) is 4.39 Å². The lowest BCUT2D eigenvalue weighted by molar-refractivity contribution is 0.0810. The molecule has 0 radical (unpaired) electrons. The zero-order valence-electron chi connectivity index (χ0n) is 13.5. The molecule has 0 amide bonds. The van der Waals surface area contributed by atoms with Gasteiger partial charge >= 0.3 is 0 Å². The third-order valence-corrected chi connectivity index (χ3v) is 4.59. The zero-order valence-corrected chi connectivity index (χ0v) is 13.5. The van der Waals surface area contributed by atoms with E-state index >= 15 is 0 Å². The Bertz CT molecular complexity index is 674. The number of aryl methyl sites for hydroxylation is 1. The molecule has 0 aliphatic carbocycles. The lowest BCUT2D eigenvalue weighted by Gasteiger charge is -2.34. The summed E-state index contributed by atoms with van der Waals surface area (Å²) in [5.74, 6) is 0.963. The third kappa shape index (κ3) is 3.43. The van der Waals surface area contributed by atoms with Gasteiger partial charge in [0.25, 0.3) is 0 Å². The van der Waals surface area contributed by atoms with Crippen molar-refractivity contribution in [2.45, 2.75) is 32.7 Å². The Morgan fingerprint density at radius 1 is 1.48 bits per heavy atom. The minimum atomic E-state index is -0.274. The fraction of sp³-hybridized carbons (Fsp3) is 0.529. The number of nitrogens with zero attached hydrogens (tertiary/aromatic N) is 3. The van der Waals surface area contributed by atoms with Crippen LogP contribution in [0.25, 0.3) is 11.4 Å². The molecule has 1 aliphatic heterocycles. The summed E-state index contributed by atoms with van der Waals surface area (Å²) in [6, 6.07) is 4.92. The van der Waals surface area contributed by atoms with Gasteiger partial charge in [0.15, 0.2) is 0 Å². The van der Waals surface area contributed by atoms with Crippen LogP contribution in [-0.2, 0) is 0 Å². The van der Waals surface area contributed by atoms with Crippen LogP contribution in [0.15, 0.2) is 22.7 Å². The first kappa shape index (κ1) is 16.1. The molecule has 2 unspecified atom stereocenters. The highest BCUT2D eigenvalue weighted by Gasteiger charge is 2.27. The summed E-state index contributed by atoms with van der Waals surface area (Å²) in [5, 5.41) is 13.3. The van der Waals surface area contributed by atoms with Crippen LogP contribution >= 0.6 is 0 Å². The lowest BCUT2D eigenvalue weighted by Crippen LogP contribution is -2.38. The van der Waals surface area contributed by atoms with E-state index in [0.717, 1.165) is 25.9 Å². The standard InChI is InChI=1S/C17H22FN3O2/c1-11-5-6-14(8-15(11)18)16-19-17(23-20-16)12(2)21-7-3-4-13(9-21)10-22/h5-6,8,12-13,22H,3-4,7,9-10H2,1-2H3. The van der Waals surface area contributed by atoms with E-state index in [1.807, 2.05) is 6.92 Å². The van der Waals surface area contributed by atoms with E-state index in [0.29, 0.717) is 28.8 Å². The number of piperidine rings is 1. The van der Waals surface area contributed by atoms with Crippen LogP contribution in [0, 0.1) is 18.7 Å². The summed E-state index contributed by atoms with van der Waals surface area (Å²) in [6.45, 7) is 5.73. The van der Waals surface area contributed by atoms with Gasteiger partial charge in [0.05, 0.1) is 6.04 Å². The topological polar surface area (TPSA) is 62.4 Å². The maximum atomic E-state index is 13.7. The van der Waals surface area contributed by atoms with Crippen LogP contribution in [0.2, 0.25) is 0 Å². The Labute approximate surface area is 135 Å². The van der Waals surface area contributed by atoms with Crippen molar-refractivity contribution in [2.24, 2.45) is 5.92 Å². The van der Waals surface area contributed by atoms with Crippen molar-refractivity contribution in [1.29, 1.82) is 0 Å². The van der Waals surface area contributed by atoms with E-state index in [1.165, 1.54) is 6.07 Å². The summed E-state index contributed by atoms with van der Waals surface area (Å²) in [4.78, 5) is 6.68. The molecule has 124 valence electrons. The summed E-state index contributed by atoms with van der Waals surface area (Å²) in [7, 11) is 0. The Balaban J connectivity index is 1.76. The summed E-state index contributed by atoms with van der Waals surface area (Å²) in [5.41, 5.74) is 1.20. The molecule has 0 bridgehead atoms. The van der Waals surface area contributed by atoms with Crippen LogP contribution in [0.3, 0.4) is 0 Å². The van der Waals surface area contributed by atoms with E-state index in [9.17, 15) is 9.50 Å². The molecule has 0 spiro atoms. The van der Waals surface area contributed by atoms with Crippen LogP contribution in [0.5, 0.6) is 0 Å². The quantitative estimate of drug-likeness (QED) is 0.939. The number of benzene rings is 1. The first-order valence-electron chi connectivity index (χ1n) is 8.03. The normalized spacial score (nSPS) is 20.6. The van der Waals surface area contributed by atoms with E-state index in [4.69, 9.17) is 4.52 Å². The van der Waals surface area contributed by atoms with Gasteiger partial charge in [0, 0.05) is 18.7 Å². The van der Waals surface area contributed by atoms with Crippen molar-refractivity contribution in [1.82, 2.24) is 15.0 Å². The SMILES string of the molecule is Cc1ccc(-c2noc(C(C)N3CCCC(CO)C3)n2)cc1F. The number of aliphatic hydroxyl groups is 1. The maximum absolute atomic E-state index is 13.7. The van der Waals surface area contributed by atoms with Crippen molar-refractivity contribution in [3.63, 3.8) is 0 Å². The van der Waals surface area contributed by atoms with Crippen molar-refractivity contribution in [3.05, 3.63) is 35.5 Å². The van der Waals surface area contributed by atoms with Gasteiger partial charge in [0.1, 0.15) is 5.82 Å². The molecule has 3 rings (SSSR count). The van der Waals surface area contributed by atoms with Crippen molar-refractivity contribution >= 4 is 0 Å². The van der Waals surface area contributed by atoms with Gasteiger partial charge in [-0.3, -0.25) is 4.90 Å². The highest BCUT2D eigenvalue weighted by atomic mass is 19.1. The molecule has 5 nitrogen and oxygen atoms in total. The zero-order chi connectivity index (χ0) is 16.4. The Morgan fingerprint density at radius 2 is 2.30 bits per heavy atom. The molecule has 6 heteroatoms. The minimum Gasteiger partial charge on any atom is -0.396 e. The number of hydrogen-bond donors (Lipinski definition) is 1. The number of hydrogen-bond acceptors (Lipinski definition) is 5. The molecular weight excluding hydrogens is 297 g/mol. The largest absolute Gasteiger partial charge is 0.396 e. The van der Waals surface area contributed by atoms with Gasteiger partial charge in [-0.2, -0.15) is 4.98 Å². The second kappa shape index (κ2) is 6.76. The maximum Gasteiger partial charge on any atom is 0.244 e. The number of likely N-dealkylation sites (tertiary alicyclic amines) is 1. The van der Waals surface area contributed by atoms with Crippen LogP contribution in [0.4, 0.5) is 4.39 Å². The van der Waals surface area contributed by atoms with Crippen LogP contribution < -0.4 is 0 Å². The Hall–Kier alpha value is -1.79. The van der Waals surface area contributed by atoms with Gasteiger partial charge in [-0.1, -0.05) is 17.3 Å². The number of halogens is 1. The third-order valence-electron chi connectivity index (χ3n) is 4.59. The van der Waals surface area contributed by atoms with Crippen molar-refractivity contribution < 1.29 is 14.0 Å². The molecule has 1 aromatic heterocycles. The summed E-state index contributed by atoms with van der Waals surface area (Å²) >= 11 is 0. The average Bonchev–Trinajstić information content (AvgIpc) is 3.06. The van der Waals surface area contributed by atoms with Gasteiger partial charge in [0.2, 0.25) is 11.7 Å². The van der Waals surface area contributed by atoms with Crippen molar-refractivity contribution in [2.75, 3.05) is 19.7 Å². The molecule has 1 N–H and O–H groups in total. The second-order valence-corrected chi connectivity index (χ2v) is 6.28. The first-order chi connectivity index (χ1) is 11.1. The minimum absolute atomic E-state index is 0.0131. The number of aliphatic hydroxyl groups excluding tert-OH is 1. The molecule has 2 atom stereocenters. The summed E-state index contributed by atoms with van der Waals surface area (Å²) in [6.07, 6.45) is 2.11. The predicted molar refractivity (Wildman–Crippen MR) is 84.2 cm³/mol. The lowest BCUT2D eigenvalue weighted by atomic mass is 9.98. The smallest absolute Gasteiger partial charge is 0.244 e. The van der Waals surface area contributed by atoms with E-state index < -0.39 is 0 Å². The fourth-order valence-corrected chi connectivity index (χ4v) is 3.01. The average molecular weight is 319 g/mol. The highest BCUT2D eigenvalue weighted by molar-refractivity contribution is 5.54. The molecule has 1 aromatic carbocycles. The number of aromatic nitrogens is 2. The van der Waals surface area contributed by atoms with Gasteiger partial charge in [-0.05, 0) is 50.8 Å². The van der Waals surface area contributed by atoms with Crippen LogP contribution in [0.1, 0.15) is 37.3 Å². The van der Waals surface area contributed by atoms with Gasteiger partial charge < -0.3 is 9.63 Å². The Kier molecular flexibility index (Phi) is 4.73. The molecule has 2 aromatic rings. The monoisotopic (exact) mass is 319 g/mol. The van der Waals surface area contributed by atoms with Crippen molar-refractivity contribution in [3.8, 4) is 11.4 Å². The molecular formula is C17H22FN3O2. The van der Waals surface area contributed by atoms with E-state index in [1.54, 1.807) is 19.1 Å². The number of rotatable bonds is 4. The second-order valence-electron chi connectivity index (χ2n) is 6.28. The van der Waals surface area contributed by atoms with Gasteiger partial charge in [-0.15, -0.1) is 0 Å². The molecule has 2 heterocycles. The van der Waals surface area contributed by atoms with E-state index in [2.05, 4.69) is 15.0 Å². The molecule has 1 aliphatic rings. The summed E-state index contributed by atoms with van der Waals surface area (Å²) < 4.78 is 19.1.